The standard InChI is InChI=1S/C14H31N3/c1-16(2)10-11-17(3)13-14(12-15)8-6-4-5-7-9-14/h4-13,15H2,1-3H3. The topological polar surface area (TPSA) is 32.5 Å². The van der Waals surface area contributed by atoms with Crippen molar-refractivity contribution in [2.75, 3.05) is 47.3 Å². The molecule has 3 heteroatoms. The van der Waals surface area contributed by atoms with Gasteiger partial charge in [0.05, 0.1) is 0 Å². The van der Waals surface area contributed by atoms with Gasteiger partial charge in [0, 0.05) is 19.6 Å². The first-order chi connectivity index (χ1) is 8.08. The van der Waals surface area contributed by atoms with Gasteiger partial charge in [-0.1, -0.05) is 25.7 Å². The van der Waals surface area contributed by atoms with Gasteiger partial charge in [-0.3, -0.25) is 0 Å². The van der Waals surface area contributed by atoms with Gasteiger partial charge in [-0.15, -0.1) is 0 Å². The maximum Gasteiger partial charge on any atom is 0.0106 e. The fourth-order valence-electron chi connectivity index (χ4n) is 2.93. The Hall–Kier alpha value is -0.120. The molecule has 0 aromatic heterocycles. The monoisotopic (exact) mass is 241 g/mol. The Morgan fingerprint density at radius 1 is 0.941 bits per heavy atom. The highest BCUT2D eigenvalue weighted by molar-refractivity contribution is 4.85. The van der Waals surface area contributed by atoms with Crippen LogP contribution in [0.3, 0.4) is 0 Å². The Balaban J connectivity index is 2.43. The summed E-state index contributed by atoms with van der Waals surface area (Å²) in [6.45, 7) is 4.32. The Morgan fingerprint density at radius 2 is 1.53 bits per heavy atom. The zero-order chi connectivity index (χ0) is 12.7. The average molecular weight is 241 g/mol. The molecule has 0 saturated heterocycles. The molecule has 102 valence electrons. The average Bonchev–Trinajstić information content (AvgIpc) is 2.53. The summed E-state index contributed by atoms with van der Waals surface area (Å²) in [5.41, 5.74) is 6.48. The number of rotatable bonds is 6. The number of nitrogens with zero attached hydrogens (tertiary/aromatic N) is 2. The van der Waals surface area contributed by atoms with Crippen molar-refractivity contribution in [1.82, 2.24) is 9.80 Å². The van der Waals surface area contributed by atoms with Gasteiger partial charge >= 0.3 is 0 Å². The van der Waals surface area contributed by atoms with Crippen LogP contribution >= 0.6 is 0 Å². The zero-order valence-corrected chi connectivity index (χ0v) is 12.0. The minimum absolute atomic E-state index is 0.400. The molecule has 1 saturated carbocycles. The third-order valence-electron chi connectivity index (χ3n) is 4.13. The maximum absolute atomic E-state index is 6.07. The molecule has 17 heavy (non-hydrogen) atoms. The highest BCUT2D eigenvalue weighted by Crippen LogP contribution is 2.34. The van der Waals surface area contributed by atoms with E-state index in [2.05, 4.69) is 30.9 Å². The minimum atomic E-state index is 0.400. The largest absolute Gasteiger partial charge is 0.330 e. The fraction of sp³-hybridized carbons (Fsp3) is 1.00. The molecule has 0 aliphatic heterocycles. The van der Waals surface area contributed by atoms with Gasteiger partial charge in [0.15, 0.2) is 0 Å². The van der Waals surface area contributed by atoms with Gasteiger partial charge in [0.1, 0.15) is 0 Å². The van der Waals surface area contributed by atoms with E-state index in [9.17, 15) is 0 Å². The van der Waals surface area contributed by atoms with E-state index in [1.807, 2.05) is 0 Å². The molecule has 0 unspecified atom stereocenters. The lowest BCUT2D eigenvalue weighted by Gasteiger charge is -2.36. The molecule has 2 N–H and O–H groups in total. The van der Waals surface area contributed by atoms with Gasteiger partial charge in [-0.25, -0.2) is 0 Å². The quantitative estimate of drug-likeness (QED) is 0.720. The summed E-state index contributed by atoms with van der Waals surface area (Å²) in [4.78, 5) is 4.72. The van der Waals surface area contributed by atoms with Crippen LogP contribution in [0.4, 0.5) is 0 Å². The summed E-state index contributed by atoms with van der Waals surface area (Å²) in [5, 5.41) is 0. The molecule has 0 radical (unpaired) electrons. The smallest absolute Gasteiger partial charge is 0.0106 e. The second kappa shape index (κ2) is 7.34. The summed E-state index contributed by atoms with van der Waals surface area (Å²) < 4.78 is 0. The van der Waals surface area contributed by atoms with E-state index in [1.165, 1.54) is 45.1 Å². The normalized spacial score (nSPS) is 20.8. The highest BCUT2D eigenvalue weighted by Gasteiger charge is 2.30. The SMILES string of the molecule is CN(C)CCN(C)CC1(CN)CCCCCC1. The van der Waals surface area contributed by atoms with E-state index in [4.69, 9.17) is 5.73 Å². The van der Waals surface area contributed by atoms with E-state index < -0.39 is 0 Å². The predicted molar refractivity (Wildman–Crippen MR) is 75.2 cm³/mol. The first kappa shape index (κ1) is 14.9. The van der Waals surface area contributed by atoms with Crippen LogP contribution in [0, 0.1) is 5.41 Å². The van der Waals surface area contributed by atoms with Gasteiger partial charge in [0.25, 0.3) is 0 Å². The molecule has 0 aromatic carbocycles. The van der Waals surface area contributed by atoms with Crippen LogP contribution in [0.15, 0.2) is 0 Å². The van der Waals surface area contributed by atoms with E-state index in [-0.39, 0.29) is 0 Å². The molecule has 1 aliphatic carbocycles. The van der Waals surface area contributed by atoms with Gasteiger partial charge < -0.3 is 15.5 Å². The molecule has 1 fully saturated rings. The molecule has 0 aromatic rings. The Kier molecular flexibility index (Phi) is 6.45. The van der Waals surface area contributed by atoms with Crippen molar-refractivity contribution in [3.05, 3.63) is 0 Å². The number of nitrogens with two attached hydrogens (primary N) is 1. The molecule has 0 spiro atoms. The van der Waals surface area contributed by atoms with Gasteiger partial charge in [0.2, 0.25) is 0 Å². The maximum atomic E-state index is 6.07. The minimum Gasteiger partial charge on any atom is -0.330 e. The molecular weight excluding hydrogens is 210 g/mol. The fourth-order valence-corrected chi connectivity index (χ4v) is 2.93. The molecule has 3 nitrogen and oxygen atoms in total. The van der Waals surface area contributed by atoms with Crippen LogP contribution in [0.5, 0.6) is 0 Å². The van der Waals surface area contributed by atoms with Gasteiger partial charge in [-0.05, 0) is 45.9 Å². The molecule has 0 amide bonds. The lowest BCUT2D eigenvalue weighted by atomic mass is 9.80. The van der Waals surface area contributed by atoms with Crippen LogP contribution in [-0.4, -0.2) is 57.1 Å². The van der Waals surface area contributed by atoms with E-state index in [0.717, 1.165) is 19.6 Å². The van der Waals surface area contributed by atoms with Crippen LogP contribution < -0.4 is 5.73 Å². The van der Waals surface area contributed by atoms with Crippen molar-refractivity contribution < 1.29 is 0 Å². The lowest BCUT2D eigenvalue weighted by molar-refractivity contribution is 0.150. The van der Waals surface area contributed by atoms with E-state index in [0.29, 0.717) is 5.41 Å². The third-order valence-corrected chi connectivity index (χ3v) is 4.13. The predicted octanol–water partition coefficient (Wildman–Crippen LogP) is 1.78. The van der Waals surface area contributed by atoms with Crippen LogP contribution in [0.2, 0.25) is 0 Å². The van der Waals surface area contributed by atoms with Crippen molar-refractivity contribution in [2.24, 2.45) is 11.1 Å². The second-order valence-corrected chi connectivity index (χ2v) is 6.16. The van der Waals surface area contributed by atoms with Gasteiger partial charge in [-0.2, -0.15) is 0 Å². The summed E-state index contributed by atoms with van der Waals surface area (Å²) in [6, 6.07) is 0. The van der Waals surface area contributed by atoms with Crippen LogP contribution in [0.25, 0.3) is 0 Å². The number of hydrogen-bond acceptors (Lipinski definition) is 3. The van der Waals surface area contributed by atoms with Crippen molar-refractivity contribution >= 4 is 0 Å². The van der Waals surface area contributed by atoms with Crippen LogP contribution in [-0.2, 0) is 0 Å². The molecule has 1 aliphatic rings. The van der Waals surface area contributed by atoms with Crippen molar-refractivity contribution in [2.45, 2.75) is 38.5 Å². The van der Waals surface area contributed by atoms with Crippen molar-refractivity contribution in [3.63, 3.8) is 0 Å². The summed E-state index contributed by atoms with van der Waals surface area (Å²) in [7, 11) is 6.52. The second-order valence-electron chi connectivity index (χ2n) is 6.16. The highest BCUT2D eigenvalue weighted by atomic mass is 15.2. The van der Waals surface area contributed by atoms with Crippen LogP contribution in [0.1, 0.15) is 38.5 Å². The number of likely N-dealkylation sites (N-methyl/N-ethyl adjacent to an activating group) is 2. The summed E-state index contributed by atoms with van der Waals surface area (Å²) in [5.74, 6) is 0. The number of hydrogen-bond donors (Lipinski definition) is 1. The third kappa shape index (κ3) is 5.36. The molecule has 1 rings (SSSR count). The lowest BCUT2D eigenvalue weighted by Crippen LogP contribution is -2.42. The summed E-state index contributed by atoms with van der Waals surface area (Å²) >= 11 is 0. The van der Waals surface area contributed by atoms with E-state index >= 15 is 0 Å². The van der Waals surface area contributed by atoms with E-state index in [1.54, 1.807) is 0 Å². The first-order valence-corrected chi connectivity index (χ1v) is 7.11. The molecule has 0 heterocycles. The first-order valence-electron chi connectivity index (χ1n) is 7.11. The Morgan fingerprint density at radius 3 is 2.00 bits per heavy atom. The van der Waals surface area contributed by atoms with Crippen molar-refractivity contribution in [1.29, 1.82) is 0 Å². The molecule has 0 atom stereocenters. The Bertz CT molecular complexity index is 196. The zero-order valence-electron chi connectivity index (χ0n) is 12.0. The van der Waals surface area contributed by atoms with Crippen molar-refractivity contribution in [3.8, 4) is 0 Å². The summed E-state index contributed by atoms with van der Waals surface area (Å²) in [6.07, 6.45) is 8.22. The molecule has 0 bridgehead atoms. The molecular formula is C14H31N3. The Labute approximate surface area is 107 Å².